The van der Waals surface area contributed by atoms with Gasteiger partial charge in [0.05, 0.1) is 0 Å². The van der Waals surface area contributed by atoms with Crippen molar-refractivity contribution in [1.82, 2.24) is 9.80 Å². The molecular formula is C63H116N2O2. The van der Waals surface area contributed by atoms with E-state index in [1.165, 1.54) is 218 Å². The van der Waals surface area contributed by atoms with E-state index in [4.69, 9.17) is 4.74 Å². The van der Waals surface area contributed by atoms with Crippen molar-refractivity contribution in [3.63, 3.8) is 0 Å². The van der Waals surface area contributed by atoms with E-state index >= 15 is 0 Å². The minimum atomic E-state index is -0.108. The van der Waals surface area contributed by atoms with Crippen molar-refractivity contribution in [2.24, 2.45) is 5.92 Å². The lowest BCUT2D eigenvalue weighted by Gasteiger charge is -2.30. The number of amides is 1. The van der Waals surface area contributed by atoms with Gasteiger partial charge in [0.1, 0.15) is 6.10 Å². The Balaban J connectivity index is 5.13. The fraction of sp³-hybridized carbons (Fsp3) is 0.794. The zero-order valence-electron chi connectivity index (χ0n) is 46.0. The molecule has 0 bridgehead atoms. The highest BCUT2D eigenvalue weighted by Crippen LogP contribution is 2.28. The zero-order chi connectivity index (χ0) is 48.8. The van der Waals surface area contributed by atoms with E-state index in [0.29, 0.717) is 5.92 Å². The lowest BCUT2D eigenvalue weighted by atomic mass is 9.87. The van der Waals surface area contributed by atoms with Crippen LogP contribution in [0.1, 0.15) is 278 Å². The molecule has 0 saturated heterocycles. The second-order valence-electron chi connectivity index (χ2n) is 20.4. The van der Waals surface area contributed by atoms with Gasteiger partial charge in [-0.1, -0.05) is 222 Å². The highest BCUT2D eigenvalue weighted by Gasteiger charge is 2.26. The number of nitrogens with zero attached hydrogens (tertiary/aromatic N) is 2. The lowest BCUT2D eigenvalue weighted by Crippen LogP contribution is -2.36. The quantitative estimate of drug-likeness (QED) is 0.0450. The van der Waals surface area contributed by atoms with Crippen LogP contribution < -0.4 is 0 Å². The number of carbonyl (C=O) groups is 1. The molecule has 0 aromatic heterocycles. The van der Waals surface area contributed by atoms with E-state index < -0.39 is 0 Å². The van der Waals surface area contributed by atoms with Crippen molar-refractivity contribution in [1.29, 1.82) is 0 Å². The van der Waals surface area contributed by atoms with Crippen LogP contribution in [0.2, 0.25) is 0 Å². The van der Waals surface area contributed by atoms with Crippen LogP contribution in [0, 0.1) is 5.92 Å². The Morgan fingerprint density at radius 3 is 0.985 bits per heavy atom. The maximum Gasteiger partial charge on any atom is 0.409 e. The summed E-state index contributed by atoms with van der Waals surface area (Å²) in [6, 6.07) is 0. The molecule has 0 fully saturated rings. The number of hydrogen-bond acceptors (Lipinski definition) is 3. The van der Waals surface area contributed by atoms with Crippen LogP contribution in [-0.2, 0) is 4.74 Å². The SMILES string of the molecule is CCCCCC=CCC=CCCCCCCCCC(CCCCCCCCC=CCC=CCCCCC)C(CCCCCCCCC=CCC=CCCCCC)OC(=O)N(C)CCCN(C)C. The molecule has 4 nitrogen and oxygen atoms in total. The highest BCUT2D eigenvalue weighted by atomic mass is 16.6. The van der Waals surface area contributed by atoms with Crippen molar-refractivity contribution >= 4 is 6.09 Å². The molecule has 1 unspecified atom stereocenters. The fourth-order valence-electron chi connectivity index (χ4n) is 8.97. The molecule has 0 heterocycles. The molecule has 0 spiro atoms. The van der Waals surface area contributed by atoms with Crippen LogP contribution in [0.15, 0.2) is 72.9 Å². The average molecular weight is 934 g/mol. The van der Waals surface area contributed by atoms with Gasteiger partial charge in [-0.3, -0.25) is 0 Å². The van der Waals surface area contributed by atoms with Gasteiger partial charge in [-0.2, -0.15) is 0 Å². The molecule has 0 rings (SSSR count). The van der Waals surface area contributed by atoms with Crippen molar-refractivity contribution in [3.8, 4) is 0 Å². The molecule has 1 amide bonds. The third-order valence-corrected chi connectivity index (χ3v) is 13.4. The Morgan fingerprint density at radius 2 is 0.657 bits per heavy atom. The van der Waals surface area contributed by atoms with Crippen LogP contribution >= 0.6 is 0 Å². The number of unbranched alkanes of at least 4 members (excludes halogenated alkanes) is 27. The van der Waals surface area contributed by atoms with Crippen molar-refractivity contribution in [2.45, 2.75) is 284 Å². The summed E-state index contributed by atoms with van der Waals surface area (Å²) in [7, 11) is 6.15. The maximum atomic E-state index is 13.6. The summed E-state index contributed by atoms with van der Waals surface area (Å²) in [5.74, 6) is 0.466. The Morgan fingerprint density at radius 1 is 0.358 bits per heavy atom. The lowest BCUT2D eigenvalue weighted by molar-refractivity contribution is 0.0264. The Kier molecular flexibility index (Phi) is 52.7. The predicted octanol–water partition coefficient (Wildman–Crippen LogP) is 20.6. The summed E-state index contributed by atoms with van der Waals surface area (Å²) in [6.07, 6.45) is 78.5. The average Bonchev–Trinajstić information content (AvgIpc) is 3.32. The minimum Gasteiger partial charge on any atom is -0.446 e. The van der Waals surface area contributed by atoms with E-state index in [-0.39, 0.29) is 12.2 Å². The fourth-order valence-corrected chi connectivity index (χ4v) is 8.97. The molecule has 4 heteroatoms. The summed E-state index contributed by atoms with van der Waals surface area (Å²) in [5, 5.41) is 0. The van der Waals surface area contributed by atoms with E-state index in [2.05, 4.69) is 113 Å². The summed E-state index contributed by atoms with van der Waals surface area (Å²) in [5.41, 5.74) is 0. The normalized spacial score (nSPS) is 13.4. The molecule has 0 saturated carbocycles. The van der Waals surface area contributed by atoms with Gasteiger partial charge in [0, 0.05) is 13.6 Å². The molecule has 67 heavy (non-hydrogen) atoms. The van der Waals surface area contributed by atoms with Gasteiger partial charge >= 0.3 is 6.09 Å². The van der Waals surface area contributed by atoms with Gasteiger partial charge in [0.2, 0.25) is 0 Å². The van der Waals surface area contributed by atoms with E-state index in [0.717, 1.165) is 51.6 Å². The predicted molar refractivity (Wildman–Crippen MR) is 301 cm³/mol. The number of hydrogen-bond donors (Lipinski definition) is 0. The minimum absolute atomic E-state index is 0.0329. The number of carbonyl (C=O) groups excluding carboxylic acids is 1. The first-order chi connectivity index (χ1) is 33.0. The monoisotopic (exact) mass is 933 g/mol. The Bertz CT molecular complexity index is 1130. The molecule has 0 radical (unpaired) electrons. The van der Waals surface area contributed by atoms with Crippen LogP contribution in [0.25, 0.3) is 0 Å². The van der Waals surface area contributed by atoms with Crippen LogP contribution in [-0.4, -0.2) is 56.2 Å². The van der Waals surface area contributed by atoms with Crippen molar-refractivity contribution in [2.75, 3.05) is 34.2 Å². The molecule has 1 atom stereocenters. The second-order valence-corrected chi connectivity index (χ2v) is 20.4. The number of ether oxygens (including phenoxy) is 1. The number of allylic oxidation sites excluding steroid dienone is 12. The first-order valence-electron chi connectivity index (χ1n) is 29.4. The van der Waals surface area contributed by atoms with Crippen LogP contribution in [0.3, 0.4) is 0 Å². The van der Waals surface area contributed by atoms with E-state index in [1.807, 2.05) is 11.9 Å². The van der Waals surface area contributed by atoms with Crippen molar-refractivity contribution in [3.05, 3.63) is 72.9 Å². The van der Waals surface area contributed by atoms with Crippen molar-refractivity contribution < 1.29 is 9.53 Å². The van der Waals surface area contributed by atoms with Gasteiger partial charge in [0.25, 0.3) is 0 Å². The first-order valence-corrected chi connectivity index (χ1v) is 29.4. The summed E-state index contributed by atoms with van der Waals surface area (Å²) in [4.78, 5) is 17.7. The van der Waals surface area contributed by atoms with Gasteiger partial charge in [-0.25, -0.2) is 4.79 Å². The smallest absolute Gasteiger partial charge is 0.409 e. The standard InChI is InChI=1S/C63H116N2O2/c1-7-10-13-16-19-22-25-28-31-34-37-40-43-46-49-52-56-61(57-53-50-47-44-41-38-35-32-29-26-23-20-17-14-11-8-2)62(67-63(66)65(6)60-55-59-64(4)5)58-54-51-48-45-42-39-36-33-30-27-24-21-18-15-12-9-3/h19-24,28-33,61-62H,7-18,25-27,34-60H2,1-6H3. The third kappa shape index (κ3) is 49.9. The van der Waals surface area contributed by atoms with Crippen LogP contribution in [0.5, 0.6) is 0 Å². The van der Waals surface area contributed by atoms with Gasteiger partial charge < -0.3 is 14.5 Å². The molecule has 390 valence electrons. The largest absolute Gasteiger partial charge is 0.446 e. The van der Waals surface area contributed by atoms with Gasteiger partial charge in [-0.15, -0.1) is 0 Å². The summed E-state index contributed by atoms with van der Waals surface area (Å²) >= 11 is 0. The molecule has 0 aliphatic heterocycles. The molecule has 0 aliphatic rings. The molecule has 0 aromatic carbocycles. The van der Waals surface area contributed by atoms with E-state index in [1.54, 1.807) is 0 Å². The van der Waals surface area contributed by atoms with Crippen LogP contribution in [0.4, 0.5) is 4.79 Å². The van der Waals surface area contributed by atoms with Gasteiger partial charge in [-0.05, 0) is 155 Å². The topological polar surface area (TPSA) is 32.8 Å². The molecule has 0 aromatic rings. The summed E-state index contributed by atoms with van der Waals surface area (Å²) < 4.78 is 6.55. The molecule has 0 N–H and O–H groups in total. The third-order valence-electron chi connectivity index (χ3n) is 13.4. The number of rotatable bonds is 51. The van der Waals surface area contributed by atoms with Gasteiger partial charge in [0.15, 0.2) is 0 Å². The maximum absolute atomic E-state index is 13.6. The zero-order valence-corrected chi connectivity index (χ0v) is 46.0. The first kappa shape index (κ1) is 64.7. The highest BCUT2D eigenvalue weighted by molar-refractivity contribution is 5.67. The second kappa shape index (κ2) is 54.6. The van der Waals surface area contributed by atoms with E-state index in [9.17, 15) is 4.79 Å². The Labute approximate surface area is 420 Å². The molecule has 0 aliphatic carbocycles. The molecular weight excluding hydrogens is 817 g/mol. The Hall–Kier alpha value is -2.33. The summed E-state index contributed by atoms with van der Waals surface area (Å²) in [6.45, 7) is 8.55.